The molecule has 0 aromatic heterocycles. The molecule has 3 amide bonds. The third-order valence-corrected chi connectivity index (χ3v) is 3.12. The van der Waals surface area contributed by atoms with Crippen LogP contribution in [0.4, 0.5) is 0 Å². The van der Waals surface area contributed by atoms with Gasteiger partial charge in [0.05, 0.1) is 36.3 Å². The lowest BCUT2D eigenvalue weighted by molar-refractivity contribution is -0.0367. The topological polar surface area (TPSA) is 209 Å². The highest BCUT2D eigenvalue weighted by molar-refractivity contribution is 6.14. The fourth-order valence-electron chi connectivity index (χ4n) is 2.01. The summed E-state index contributed by atoms with van der Waals surface area (Å²) >= 11 is 0. The normalized spacial score (nSPS) is 11.0. The van der Waals surface area contributed by atoms with Crippen molar-refractivity contribution in [2.75, 3.05) is 19.6 Å². The van der Waals surface area contributed by atoms with Gasteiger partial charge < -0.3 is 46.6 Å². The Morgan fingerprint density at radius 3 is 1.33 bits per heavy atom. The number of carbonyl (C=O) groups is 3. The lowest BCUT2D eigenvalue weighted by Gasteiger charge is -2.16. The van der Waals surface area contributed by atoms with E-state index < -0.39 is 61.8 Å². The van der Waals surface area contributed by atoms with Gasteiger partial charge in [0.2, 0.25) is 0 Å². The van der Waals surface area contributed by atoms with E-state index in [9.17, 15) is 14.4 Å². The quantitative estimate of drug-likeness (QED) is 0.188. The highest BCUT2D eigenvalue weighted by Gasteiger charge is 2.25. The van der Waals surface area contributed by atoms with Gasteiger partial charge in [-0.2, -0.15) is 0 Å². The third-order valence-electron chi connectivity index (χ3n) is 3.12. The molecule has 12 heteroatoms. The first-order valence-corrected chi connectivity index (χ1v) is 7.69. The Balaban J connectivity index is 3.24. The van der Waals surface area contributed by atoms with Crippen LogP contribution >= 0.6 is 0 Å². The Bertz CT molecular complexity index is 634. The molecule has 0 spiro atoms. The van der Waals surface area contributed by atoms with Crippen molar-refractivity contribution in [3.05, 3.63) is 34.9 Å². The first-order chi connectivity index (χ1) is 12.6. The van der Waals surface area contributed by atoms with Crippen molar-refractivity contribution in [1.29, 1.82) is 0 Å². The summed E-state index contributed by atoms with van der Waals surface area (Å²) in [6, 6.07) is 3.67. The molecule has 1 aromatic carbocycles. The van der Waals surface area contributed by atoms with E-state index in [1.165, 1.54) is 18.2 Å². The Morgan fingerprint density at radius 2 is 1.00 bits per heavy atom. The maximum Gasteiger partial charge on any atom is 0.253 e. The number of nitrogens with one attached hydrogen (secondary N) is 3. The smallest absolute Gasteiger partial charge is 0.253 e. The average Bonchev–Trinajstić information content (AvgIpc) is 2.61. The molecule has 9 N–H and O–H groups in total. The summed E-state index contributed by atoms with van der Waals surface area (Å²) in [5, 5.41) is 59.5. The minimum Gasteiger partial charge on any atom is -0.367 e. The van der Waals surface area contributed by atoms with Gasteiger partial charge in [0.25, 0.3) is 17.7 Å². The highest BCUT2D eigenvalue weighted by Crippen LogP contribution is 2.16. The number of rotatable bonds is 9. The molecule has 150 valence electrons. The molecule has 1 aromatic rings. The molecule has 0 saturated heterocycles. The minimum atomic E-state index is -1.87. The van der Waals surface area contributed by atoms with Crippen LogP contribution in [0, 0.1) is 0 Å². The molecule has 27 heavy (non-hydrogen) atoms. The van der Waals surface area contributed by atoms with Crippen molar-refractivity contribution in [2.45, 2.75) is 18.9 Å². The van der Waals surface area contributed by atoms with E-state index in [4.69, 9.17) is 30.6 Å². The minimum absolute atomic E-state index is 0.294. The maximum atomic E-state index is 12.4. The van der Waals surface area contributed by atoms with Gasteiger partial charge >= 0.3 is 0 Å². The highest BCUT2D eigenvalue weighted by atomic mass is 16.5. The summed E-state index contributed by atoms with van der Waals surface area (Å²) < 4.78 is 0. The molecule has 0 saturated carbocycles. The van der Waals surface area contributed by atoms with Crippen molar-refractivity contribution >= 4 is 17.7 Å². The lowest BCUT2D eigenvalue weighted by atomic mass is 9.98. The number of hydrogen-bond donors (Lipinski definition) is 9. The molecule has 12 nitrogen and oxygen atoms in total. The monoisotopic (exact) mass is 387 g/mol. The third kappa shape index (κ3) is 7.26. The van der Waals surface area contributed by atoms with Crippen LogP contribution in [0.25, 0.3) is 0 Å². The molecular formula is C15H21N3O9. The van der Waals surface area contributed by atoms with Crippen LogP contribution in [0.3, 0.4) is 0 Å². The average molecular weight is 387 g/mol. The van der Waals surface area contributed by atoms with Gasteiger partial charge in [0.15, 0.2) is 18.9 Å². The zero-order valence-electron chi connectivity index (χ0n) is 14.0. The van der Waals surface area contributed by atoms with Crippen LogP contribution in [0.2, 0.25) is 0 Å². The Labute approximate surface area is 153 Å². The number of aliphatic hydroxyl groups excluding tert-OH is 3. The Kier molecular flexibility index (Phi) is 8.74. The van der Waals surface area contributed by atoms with Crippen LogP contribution in [0.5, 0.6) is 0 Å². The second-order valence-electron chi connectivity index (χ2n) is 5.30. The Morgan fingerprint density at radius 1 is 0.667 bits per heavy atom. The molecule has 0 bridgehead atoms. The van der Waals surface area contributed by atoms with Gasteiger partial charge in [-0.3, -0.25) is 14.4 Å². The molecular weight excluding hydrogens is 366 g/mol. The number of benzene rings is 1. The van der Waals surface area contributed by atoms with Gasteiger partial charge in [-0.15, -0.1) is 0 Å². The van der Waals surface area contributed by atoms with E-state index >= 15 is 0 Å². The van der Waals surface area contributed by atoms with Crippen LogP contribution in [-0.2, 0) is 0 Å². The zero-order valence-corrected chi connectivity index (χ0v) is 14.0. The fraction of sp³-hybridized carbons (Fsp3) is 0.400. The maximum absolute atomic E-state index is 12.4. The summed E-state index contributed by atoms with van der Waals surface area (Å²) in [6.07, 6.45) is -5.55. The second kappa shape index (κ2) is 10.5. The van der Waals surface area contributed by atoms with Gasteiger partial charge in [0.1, 0.15) is 0 Å². The van der Waals surface area contributed by atoms with Crippen LogP contribution < -0.4 is 16.0 Å². The summed E-state index contributed by atoms with van der Waals surface area (Å²) in [6.45, 7) is -1.66. The number of carbonyl (C=O) groups excluding carboxylic acids is 3. The van der Waals surface area contributed by atoms with Crippen molar-refractivity contribution in [3.8, 4) is 0 Å². The van der Waals surface area contributed by atoms with E-state index in [-0.39, 0.29) is 11.1 Å². The molecule has 0 atom stereocenters. The molecule has 1 rings (SSSR count). The van der Waals surface area contributed by atoms with Gasteiger partial charge in [-0.05, 0) is 12.1 Å². The van der Waals surface area contributed by atoms with Crippen molar-refractivity contribution in [1.82, 2.24) is 16.0 Å². The predicted octanol–water partition coefficient (Wildman–Crippen LogP) is -4.19. The van der Waals surface area contributed by atoms with Crippen molar-refractivity contribution in [3.63, 3.8) is 0 Å². The van der Waals surface area contributed by atoms with Crippen molar-refractivity contribution in [2.24, 2.45) is 0 Å². The van der Waals surface area contributed by atoms with E-state index in [1.807, 2.05) is 0 Å². The lowest BCUT2D eigenvalue weighted by Crippen LogP contribution is -2.38. The molecule has 0 aliphatic heterocycles. The standard InChI is InChI=1S/C15H21N3O9/c19-9(20)4-16-13(25)7-2-1-3-8(14(26)17-5-10(21)22)12(7)15(27)18-6-11(23)24/h1-3,9-11,19-24H,4-6H2,(H,16,25)(H,17,26)(H,18,27). The summed E-state index contributed by atoms with van der Waals surface area (Å²) in [5.41, 5.74) is -1.01. The van der Waals surface area contributed by atoms with Crippen molar-refractivity contribution < 1.29 is 45.0 Å². The molecule has 0 fully saturated rings. The molecule has 0 radical (unpaired) electrons. The van der Waals surface area contributed by atoms with Crippen LogP contribution in [0.15, 0.2) is 18.2 Å². The van der Waals surface area contributed by atoms with Gasteiger partial charge in [-0.25, -0.2) is 0 Å². The van der Waals surface area contributed by atoms with E-state index in [2.05, 4.69) is 16.0 Å². The molecule has 0 heterocycles. The van der Waals surface area contributed by atoms with Gasteiger partial charge in [-0.1, -0.05) is 6.07 Å². The fourth-order valence-corrected chi connectivity index (χ4v) is 2.01. The zero-order chi connectivity index (χ0) is 20.6. The molecule has 0 unspecified atom stereocenters. The number of aliphatic hydroxyl groups is 6. The Hall–Kier alpha value is -2.61. The van der Waals surface area contributed by atoms with E-state index in [0.717, 1.165) is 0 Å². The van der Waals surface area contributed by atoms with Crippen LogP contribution in [-0.4, -0.2) is 86.9 Å². The number of amides is 3. The van der Waals surface area contributed by atoms with Gasteiger partial charge in [0, 0.05) is 0 Å². The first-order valence-electron chi connectivity index (χ1n) is 7.69. The summed E-state index contributed by atoms with van der Waals surface area (Å²) in [4.78, 5) is 36.8. The molecule has 0 aliphatic carbocycles. The van der Waals surface area contributed by atoms with E-state index in [1.54, 1.807) is 0 Å². The second-order valence-corrected chi connectivity index (χ2v) is 5.30. The first kappa shape index (κ1) is 22.4. The predicted molar refractivity (Wildman–Crippen MR) is 88.1 cm³/mol. The SMILES string of the molecule is O=C(NCC(O)O)c1cccc(C(=O)NCC(O)O)c1C(=O)NCC(O)O. The van der Waals surface area contributed by atoms with Crippen LogP contribution in [0.1, 0.15) is 31.1 Å². The van der Waals surface area contributed by atoms with E-state index in [0.29, 0.717) is 0 Å². The molecule has 0 aliphatic rings. The number of hydrogen-bond acceptors (Lipinski definition) is 9. The largest absolute Gasteiger partial charge is 0.367 e. The summed E-state index contributed by atoms with van der Waals surface area (Å²) in [7, 11) is 0. The summed E-state index contributed by atoms with van der Waals surface area (Å²) in [5.74, 6) is -2.77.